The summed E-state index contributed by atoms with van der Waals surface area (Å²) in [5.74, 6) is 0.574. The molecule has 4 heteroatoms. The Hall–Kier alpha value is -1.29. The van der Waals surface area contributed by atoms with Crippen LogP contribution in [-0.4, -0.2) is 14.0 Å². The molecule has 0 aliphatic rings. The van der Waals surface area contributed by atoms with E-state index in [9.17, 15) is 8.42 Å². The van der Waals surface area contributed by atoms with Crippen LogP contribution in [0.5, 0.6) is 5.75 Å². The second kappa shape index (κ2) is 5.36. The molecule has 94 valence electrons. The summed E-state index contributed by atoms with van der Waals surface area (Å²) in [6.07, 6.45) is 1.04. The minimum atomic E-state index is -2.30. The zero-order valence-electron chi connectivity index (χ0n) is 10.6. The van der Waals surface area contributed by atoms with Gasteiger partial charge in [0.25, 0.3) is 0 Å². The molecule has 0 aliphatic heterocycles. The van der Waals surface area contributed by atoms with Crippen LogP contribution in [-0.2, 0) is 15.7 Å². The molecule has 3 nitrogen and oxygen atoms in total. The van der Waals surface area contributed by atoms with Gasteiger partial charge in [-0.15, -0.1) is 0 Å². The van der Waals surface area contributed by atoms with Gasteiger partial charge in [-0.1, -0.05) is 32.9 Å². The van der Waals surface area contributed by atoms with Crippen LogP contribution in [0.25, 0.3) is 0 Å². The molecule has 0 aromatic heterocycles. The first-order valence-electron chi connectivity index (χ1n) is 5.56. The first kappa shape index (κ1) is 13.8. The third-order valence-electron chi connectivity index (χ3n) is 3.09. The van der Waals surface area contributed by atoms with Crippen LogP contribution < -0.4 is 4.74 Å². The lowest BCUT2D eigenvalue weighted by molar-refractivity contribution is 0.503. The van der Waals surface area contributed by atoms with Gasteiger partial charge in [-0.2, -0.15) is 8.42 Å². The van der Waals surface area contributed by atoms with Gasteiger partial charge < -0.3 is 4.74 Å². The molecule has 0 aliphatic carbocycles. The van der Waals surface area contributed by atoms with Gasteiger partial charge in [-0.3, -0.25) is 0 Å². The summed E-state index contributed by atoms with van der Waals surface area (Å²) in [6.45, 7) is 8.42. The van der Waals surface area contributed by atoms with E-state index in [2.05, 4.69) is 20.8 Å². The predicted octanol–water partition coefficient (Wildman–Crippen LogP) is 2.70. The maximum absolute atomic E-state index is 10.4. The van der Waals surface area contributed by atoms with Gasteiger partial charge in [0, 0.05) is 0 Å². The lowest BCUT2D eigenvalue weighted by Crippen LogP contribution is -2.15. The summed E-state index contributed by atoms with van der Waals surface area (Å²) in [5.41, 5.74) is 3.08. The predicted molar refractivity (Wildman–Crippen MR) is 70.1 cm³/mol. The fourth-order valence-electron chi connectivity index (χ4n) is 1.50. The standard InChI is InChI=1S/C13H18O3S/c1-5-13(3,4)11-6-7-12(10(2)8-11)16-9-17(14)15/h6-9H,5H2,1-4H3. The third-order valence-corrected chi connectivity index (χ3v) is 3.35. The minimum Gasteiger partial charge on any atom is -0.449 e. The van der Waals surface area contributed by atoms with Crippen LogP contribution in [0.1, 0.15) is 38.3 Å². The average molecular weight is 254 g/mol. The summed E-state index contributed by atoms with van der Waals surface area (Å²) in [4.78, 5) is 0. The van der Waals surface area contributed by atoms with E-state index in [0.29, 0.717) is 5.75 Å². The summed E-state index contributed by atoms with van der Waals surface area (Å²) in [5, 5.41) is 0. The van der Waals surface area contributed by atoms with Crippen LogP contribution >= 0.6 is 0 Å². The number of ether oxygens (including phenoxy) is 1. The maximum atomic E-state index is 10.4. The number of hydrogen-bond donors (Lipinski definition) is 0. The maximum Gasteiger partial charge on any atom is 0.249 e. The van der Waals surface area contributed by atoms with Gasteiger partial charge in [0.1, 0.15) is 5.75 Å². The van der Waals surface area contributed by atoms with E-state index >= 15 is 0 Å². The van der Waals surface area contributed by atoms with Crippen molar-refractivity contribution in [3.63, 3.8) is 0 Å². The Kier molecular flexibility index (Phi) is 4.34. The van der Waals surface area contributed by atoms with Gasteiger partial charge in [0.05, 0.1) is 0 Å². The molecular formula is C13H18O3S. The number of hydrogen-bond acceptors (Lipinski definition) is 3. The van der Waals surface area contributed by atoms with Gasteiger partial charge in [-0.05, 0) is 36.0 Å². The Morgan fingerprint density at radius 1 is 1.35 bits per heavy atom. The van der Waals surface area contributed by atoms with Crippen molar-refractivity contribution in [2.45, 2.75) is 39.5 Å². The number of benzene rings is 1. The van der Waals surface area contributed by atoms with Crippen molar-refractivity contribution in [2.75, 3.05) is 0 Å². The fraction of sp³-hybridized carbons (Fsp3) is 0.462. The van der Waals surface area contributed by atoms with Gasteiger partial charge in [0.2, 0.25) is 15.8 Å². The first-order valence-corrected chi connectivity index (χ1v) is 6.70. The molecule has 1 aromatic carbocycles. The van der Waals surface area contributed by atoms with Crippen LogP contribution in [0.15, 0.2) is 18.2 Å². The van der Waals surface area contributed by atoms with E-state index in [1.165, 1.54) is 5.56 Å². The van der Waals surface area contributed by atoms with Crippen molar-refractivity contribution in [3.8, 4) is 5.75 Å². The smallest absolute Gasteiger partial charge is 0.249 e. The Balaban J connectivity index is 3.06. The van der Waals surface area contributed by atoms with Crippen LogP contribution in [0.4, 0.5) is 0 Å². The van der Waals surface area contributed by atoms with Crippen molar-refractivity contribution >= 4 is 15.8 Å². The van der Waals surface area contributed by atoms with Crippen molar-refractivity contribution in [2.24, 2.45) is 0 Å². The highest BCUT2D eigenvalue weighted by Gasteiger charge is 2.18. The highest BCUT2D eigenvalue weighted by molar-refractivity contribution is 7.71. The van der Waals surface area contributed by atoms with Crippen LogP contribution in [0, 0.1) is 6.92 Å². The van der Waals surface area contributed by atoms with E-state index in [-0.39, 0.29) is 5.41 Å². The van der Waals surface area contributed by atoms with Gasteiger partial charge in [0.15, 0.2) is 0 Å². The Labute approximate surface area is 104 Å². The Morgan fingerprint density at radius 2 is 2.00 bits per heavy atom. The fourth-order valence-corrected chi connectivity index (χ4v) is 1.68. The van der Waals surface area contributed by atoms with Crippen LogP contribution in [0.2, 0.25) is 0 Å². The topological polar surface area (TPSA) is 43.4 Å². The van der Waals surface area contributed by atoms with E-state index in [1.807, 2.05) is 25.1 Å². The molecule has 0 spiro atoms. The summed E-state index contributed by atoms with van der Waals surface area (Å²) >= 11 is 0. The summed E-state index contributed by atoms with van der Waals surface area (Å²) in [6, 6.07) is 5.83. The van der Waals surface area contributed by atoms with Gasteiger partial charge >= 0.3 is 0 Å². The SMILES string of the molecule is CCC(C)(C)c1ccc(OC=S(=O)=O)c(C)c1. The summed E-state index contributed by atoms with van der Waals surface area (Å²) in [7, 11) is -2.30. The summed E-state index contributed by atoms with van der Waals surface area (Å²) < 4.78 is 25.8. The molecule has 0 bridgehead atoms. The van der Waals surface area contributed by atoms with Crippen molar-refractivity contribution in [1.82, 2.24) is 0 Å². The van der Waals surface area contributed by atoms with Crippen molar-refractivity contribution < 1.29 is 13.2 Å². The molecule has 0 unspecified atom stereocenters. The Bertz CT molecular complexity index is 520. The lowest BCUT2D eigenvalue weighted by Gasteiger charge is -2.24. The molecule has 1 aromatic rings. The monoisotopic (exact) mass is 254 g/mol. The average Bonchev–Trinajstić information content (AvgIpc) is 2.27. The lowest BCUT2D eigenvalue weighted by atomic mass is 9.81. The van der Waals surface area contributed by atoms with E-state index in [1.54, 1.807) is 0 Å². The highest BCUT2D eigenvalue weighted by Crippen LogP contribution is 2.30. The number of aryl methyl sites for hydroxylation is 1. The van der Waals surface area contributed by atoms with Crippen molar-refractivity contribution in [1.29, 1.82) is 0 Å². The Morgan fingerprint density at radius 3 is 2.47 bits per heavy atom. The highest BCUT2D eigenvalue weighted by atomic mass is 32.2. The first-order chi connectivity index (χ1) is 7.86. The molecule has 1 rings (SSSR count). The van der Waals surface area contributed by atoms with E-state index < -0.39 is 10.3 Å². The second-order valence-electron chi connectivity index (χ2n) is 4.69. The second-order valence-corrected chi connectivity index (χ2v) is 5.41. The third kappa shape index (κ3) is 3.60. The molecule has 0 heterocycles. The quantitative estimate of drug-likeness (QED) is 0.776. The molecular weight excluding hydrogens is 236 g/mol. The molecule has 0 saturated heterocycles. The normalized spacial score (nSPS) is 11.1. The van der Waals surface area contributed by atoms with E-state index in [4.69, 9.17) is 4.74 Å². The van der Waals surface area contributed by atoms with Crippen molar-refractivity contribution in [3.05, 3.63) is 29.3 Å². The van der Waals surface area contributed by atoms with Crippen LogP contribution in [0.3, 0.4) is 0 Å². The molecule has 0 N–H and O–H groups in total. The molecule has 17 heavy (non-hydrogen) atoms. The van der Waals surface area contributed by atoms with Gasteiger partial charge in [-0.25, -0.2) is 0 Å². The largest absolute Gasteiger partial charge is 0.449 e. The zero-order valence-corrected chi connectivity index (χ0v) is 11.5. The minimum absolute atomic E-state index is 0.119. The molecule has 0 atom stereocenters. The zero-order chi connectivity index (χ0) is 13.1. The molecule has 0 fully saturated rings. The number of rotatable bonds is 4. The van der Waals surface area contributed by atoms with E-state index in [0.717, 1.165) is 17.5 Å². The molecule has 0 amide bonds. The molecule has 0 radical (unpaired) electrons. The molecule has 0 saturated carbocycles.